The normalized spacial score (nSPS) is 10.9. The van der Waals surface area contributed by atoms with Crippen molar-refractivity contribution in [1.82, 2.24) is 4.98 Å². The van der Waals surface area contributed by atoms with Crippen molar-refractivity contribution in [2.24, 2.45) is 0 Å². The second kappa shape index (κ2) is 4.06. The van der Waals surface area contributed by atoms with Gasteiger partial charge in [0.25, 0.3) is 0 Å². The number of fused-ring (bicyclic) bond motifs is 1. The van der Waals surface area contributed by atoms with Crippen molar-refractivity contribution in [3.05, 3.63) is 35.3 Å². The fourth-order valence-electron chi connectivity index (χ4n) is 1.66. The van der Waals surface area contributed by atoms with Crippen molar-refractivity contribution in [3.8, 4) is 0 Å². The Bertz CT molecular complexity index is 540. The van der Waals surface area contributed by atoms with Crippen LogP contribution in [-0.4, -0.2) is 12.1 Å². The highest BCUT2D eigenvalue weighted by atomic mass is 19.1. The number of aromatic nitrogens is 1. The predicted octanol–water partition coefficient (Wildman–Crippen LogP) is 2.41. The summed E-state index contributed by atoms with van der Waals surface area (Å²) >= 11 is 0. The first-order valence-electron chi connectivity index (χ1n) is 4.96. The Kier molecular flexibility index (Phi) is 2.75. The first-order chi connectivity index (χ1) is 7.61. The van der Waals surface area contributed by atoms with Crippen LogP contribution in [0.3, 0.4) is 0 Å². The molecule has 0 aliphatic rings. The summed E-state index contributed by atoms with van der Waals surface area (Å²) in [5, 5.41) is 0.777. The van der Waals surface area contributed by atoms with Crippen LogP contribution in [0.1, 0.15) is 11.3 Å². The third-order valence-electron chi connectivity index (χ3n) is 2.47. The van der Waals surface area contributed by atoms with Crippen molar-refractivity contribution in [2.75, 3.05) is 12.8 Å². The molecule has 0 spiro atoms. The Labute approximate surface area is 93.0 Å². The Hall–Kier alpha value is -1.68. The molecule has 1 aromatic heterocycles. The maximum Gasteiger partial charge on any atom is 0.128 e. The van der Waals surface area contributed by atoms with Crippen molar-refractivity contribution in [1.29, 1.82) is 0 Å². The highest BCUT2D eigenvalue weighted by Crippen LogP contribution is 2.23. The number of nitrogens with zero attached hydrogens (tertiary/aromatic N) is 1. The van der Waals surface area contributed by atoms with E-state index in [4.69, 9.17) is 10.5 Å². The molecule has 1 aromatic carbocycles. The van der Waals surface area contributed by atoms with Gasteiger partial charge in [-0.15, -0.1) is 0 Å². The van der Waals surface area contributed by atoms with E-state index in [9.17, 15) is 4.39 Å². The molecule has 0 radical (unpaired) electrons. The van der Waals surface area contributed by atoms with Gasteiger partial charge in [-0.3, -0.25) is 4.98 Å². The maximum absolute atomic E-state index is 13.4. The Morgan fingerprint density at radius 3 is 2.81 bits per heavy atom. The molecule has 2 N–H and O–H groups in total. The summed E-state index contributed by atoms with van der Waals surface area (Å²) in [5.74, 6) is -0.269. The van der Waals surface area contributed by atoms with E-state index >= 15 is 0 Å². The minimum Gasteiger partial charge on any atom is -0.398 e. The summed E-state index contributed by atoms with van der Waals surface area (Å²) in [7, 11) is 1.58. The molecule has 1 heterocycles. The Morgan fingerprint density at radius 1 is 1.38 bits per heavy atom. The number of rotatable bonds is 2. The van der Waals surface area contributed by atoms with Crippen molar-refractivity contribution in [3.63, 3.8) is 0 Å². The van der Waals surface area contributed by atoms with Crippen LogP contribution < -0.4 is 5.73 Å². The number of halogens is 1. The lowest BCUT2D eigenvalue weighted by molar-refractivity contribution is 0.182. The molecule has 0 fully saturated rings. The van der Waals surface area contributed by atoms with Crippen LogP contribution in [0.5, 0.6) is 0 Å². The van der Waals surface area contributed by atoms with Gasteiger partial charge in [0, 0.05) is 24.2 Å². The molecule has 84 valence electrons. The van der Waals surface area contributed by atoms with Crippen molar-refractivity contribution < 1.29 is 9.13 Å². The minimum absolute atomic E-state index is 0.269. The lowest BCUT2D eigenvalue weighted by Gasteiger charge is -2.07. The summed E-state index contributed by atoms with van der Waals surface area (Å²) in [6.07, 6.45) is 0. The highest BCUT2D eigenvalue weighted by molar-refractivity contribution is 5.90. The summed E-state index contributed by atoms with van der Waals surface area (Å²) in [4.78, 5) is 4.28. The van der Waals surface area contributed by atoms with Crippen LogP contribution >= 0.6 is 0 Å². The standard InChI is InChI=1S/C12H13FN2O/c1-7-3-9-11(14)4-8(6-16-2)15-12(9)5-10(7)13/h3-5H,6H2,1-2H3,(H2,14,15). The van der Waals surface area contributed by atoms with E-state index < -0.39 is 0 Å². The number of nitrogens with two attached hydrogens (primary N) is 1. The van der Waals surface area contributed by atoms with E-state index in [0.29, 0.717) is 29.1 Å². The van der Waals surface area contributed by atoms with E-state index in [0.717, 1.165) is 5.39 Å². The van der Waals surface area contributed by atoms with E-state index in [-0.39, 0.29) is 5.82 Å². The van der Waals surface area contributed by atoms with Crippen LogP contribution in [0.15, 0.2) is 18.2 Å². The lowest BCUT2D eigenvalue weighted by atomic mass is 10.1. The Morgan fingerprint density at radius 2 is 2.12 bits per heavy atom. The molecular weight excluding hydrogens is 207 g/mol. The number of anilines is 1. The topological polar surface area (TPSA) is 48.1 Å². The average molecular weight is 220 g/mol. The zero-order valence-electron chi connectivity index (χ0n) is 9.25. The summed E-state index contributed by atoms with van der Waals surface area (Å²) in [6.45, 7) is 2.08. The zero-order chi connectivity index (χ0) is 11.7. The van der Waals surface area contributed by atoms with Gasteiger partial charge < -0.3 is 10.5 Å². The van der Waals surface area contributed by atoms with Crippen LogP contribution in [0.25, 0.3) is 10.9 Å². The van der Waals surface area contributed by atoms with Crippen LogP contribution in [0.2, 0.25) is 0 Å². The van der Waals surface area contributed by atoms with E-state index in [1.807, 2.05) is 0 Å². The van der Waals surface area contributed by atoms with Crippen LogP contribution in [0, 0.1) is 12.7 Å². The zero-order valence-corrected chi connectivity index (χ0v) is 9.25. The van der Waals surface area contributed by atoms with Gasteiger partial charge >= 0.3 is 0 Å². The number of nitrogen functional groups attached to an aromatic ring is 1. The second-order valence-electron chi connectivity index (χ2n) is 3.75. The van der Waals surface area contributed by atoms with Gasteiger partial charge in [0.05, 0.1) is 17.8 Å². The number of hydrogen-bond donors (Lipinski definition) is 1. The molecule has 0 amide bonds. The molecule has 16 heavy (non-hydrogen) atoms. The quantitative estimate of drug-likeness (QED) is 0.845. The summed E-state index contributed by atoms with van der Waals surface area (Å²) in [6, 6.07) is 4.87. The third kappa shape index (κ3) is 1.84. The van der Waals surface area contributed by atoms with Gasteiger partial charge in [-0.25, -0.2) is 4.39 Å². The molecule has 0 saturated carbocycles. The SMILES string of the molecule is COCc1cc(N)c2cc(C)c(F)cc2n1. The van der Waals surface area contributed by atoms with Gasteiger partial charge in [0.15, 0.2) is 0 Å². The smallest absolute Gasteiger partial charge is 0.128 e. The fraction of sp³-hybridized carbons (Fsp3) is 0.250. The molecule has 0 aliphatic carbocycles. The Balaban J connectivity index is 2.67. The minimum atomic E-state index is -0.269. The molecule has 0 aliphatic heterocycles. The maximum atomic E-state index is 13.4. The monoisotopic (exact) mass is 220 g/mol. The largest absolute Gasteiger partial charge is 0.398 e. The molecule has 0 bridgehead atoms. The number of hydrogen-bond acceptors (Lipinski definition) is 3. The van der Waals surface area contributed by atoms with Crippen molar-refractivity contribution in [2.45, 2.75) is 13.5 Å². The molecule has 0 saturated heterocycles. The predicted molar refractivity (Wildman–Crippen MR) is 61.6 cm³/mol. The molecule has 2 rings (SSSR count). The number of aryl methyl sites for hydroxylation is 1. The molecule has 0 atom stereocenters. The summed E-state index contributed by atoms with van der Waals surface area (Å²) < 4.78 is 18.4. The number of methoxy groups -OCH3 is 1. The number of ether oxygens (including phenoxy) is 1. The molecule has 3 nitrogen and oxygen atoms in total. The molecule has 0 unspecified atom stereocenters. The van der Waals surface area contributed by atoms with Crippen LogP contribution in [-0.2, 0) is 11.3 Å². The van der Waals surface area contributed by atoms with E-state index in [2.05, 4.69) is 4.98 Å². The van der Waals surface area contributed by atoms with Gasteiger partial charge in [0.2, 0.25) is 0 Å². The lowest BCUT2D eigenvalue weighted by Crippen LogP contribution is -1.98. The first-order valence-corrected chi connectivity index (χ1v) is 4.96. The number of pyridine rings is 1. The van der Waals surface area contributed by atoms with Gasteiger partial charge in [-0.05, 0) is 24.6 Å². The highest BCUT2D eigenvalue weighted by Gasteiger charge is 2.06. The first kappa shape index (κ1) is 10.8. The second-order valence-corrected chi connectivity index (χ2v) is 3.75. The van der Waals surface area contributed by atoms with Gasteiger partial charge in [-0.1, -0.05) is 0 Å². The van der Waals surface area contributed by atoms with Crippen LogP contribution in [0.4, 0.5) is 10.1 Å². The van der Waals surface area contributed by atoms with E-state index in [1.54, 1.807) is 26.2 Å². The third-order valence-corrected chi connectivity index (χ3v) is 2.47. The van der Waals surface area contributed by atoms with Gasteiger partial charge in [-0.2, -0.15) is 0 Å². The molecular formula is C12H13FN2O. The molecule has 4 heteroatoms. The van der Waals surface area contributed by atoms with Crippen molar-refractivity contribution >= 4 is 16.6 Å². The number of benzene rings is 1. The average Bonchev–Trinajstić information content (AvgIpc) is 2.22. The van der Waals surface area contributed by atoms with Gasteiger partial charge in [0.1, 0.15) is 5.82 Å². The molecule has 2 aromatic rings. The summed E-state index contributed by atoms with van der Waals surface area (Å²) in [5.41, 5.74) is 8.32. The fourth-order valence-corrected chi connectivity index (χ4v) is 1.66. The van der Waals surface area contributed by atoms with E-state index in [1.165, 1.54) is 6.07 Å².